The van der Waals surface area contributed by atoms with E-state index in [-0.39, 0.29) is 101 Å². The van der Waals surface area contributed by atoms with Gasteiger partial charge in [0.1, 0.15) is 36.3 Å². The van der Waals surface area contributed by atoms with Crippen LogP contribution in [0.1, 0.15) is 106 Å². The van der Waals surface area contributed by atoms with Crippen molar-refractivity contribution in [2.75, 3.05) is 114 Å². The summed E-state index contributed by atoms with van der Waals surface area (Å²) in [4.78, 5) is 139. The third-order valence-corrected chi connectivity index (χ3v) is 18.9. The van der Waals surface area contributed by atoms with Crippen LogP contribution in [0.4, 0.5) is 9.59 Å². The zero-order valence-electron chi connectivity index (χ0n) is 57.8. The number of hydrogen-bond donors (Lipinski definition) is 12. The van der Waals surface area contributed by atoms with E-state index in [1.165, 1.54) is 28.6 Å². The van der Waals surface area contributed by atoms with Crippen LogP contribution in [0, 0.1) is 17.8 Å². The van der Waals surface area contributed by atoms with E-state index in [9.17, 15) is 48.6 Å². The maximum absolute atomic E-state index is 15.2. The van der Waals surface area contributed by atoms with E-state index < -0.39 is 96.8 Å². The molecule has 0 bridgehead atoms. The summed E-state index contributed by atoms with van der Waals surface area (Å²) >= 11 is 0. The Balaban J connectivity index is 1.01. The molecule has 0 spiro atoms. The molecular weight excluding hydrogens is 1270 g/mol. The van der Waals surface area contributed by atoms with Gasteiger partial charge in [-0.05, 0) is 129 Å². The van der Waals surface area contributed by atoms with Crippen LogP contribution < -0.4 is 67.6 Å². The van der Waals surface area contributed by atoms with Crippen LogP contribution >= 0.6 is 0 Å². The number of primary amides is 1. The Bertz CT molecular complexity index is 3190. The van der Waals surface area contributed by atoms with Crippen molar-refractivity contribution in [3.8, 4) is 23.0 Å². The van der Waals surface area contributed by atoms with E-state index in [4.69, 9.17) is 35.2 Å². The van der Waals surface area contributed by atoms with Gasteiger partial charge in [-0.1, -0.05) is 27.2 Å². The molecule has 2 fully saturated rings. The van der Waals surface area contributed by atoms with Gasteiger partial charge in [-0.15, -0.1) is 0 Å². The fourth-order valence-electron chi connectivity index (χ4n) is 13.5. The first-order valence-corrected chi connectivity index (χ1v) is 33.9. The number of fused-ring (bicyclic) bond motifs is 4. The number of carbonyl (C=O) groups is 9. The van der Waals surface area contributed by atoms with Gasteiger partial charge in [0, 0.05) is 89.7 Å². The molecule has 4 aliphatic rings. The Morgan fingerprint density at radius 1 is 0.704 bits per heavy atom. The molecule has 14 N–H and O–H groups in total. The highest BCUT2D eigenvalue weighted by Crippen LogP contribution is 2.48. The highest BCUT2D eigenvalue weighted by atomic mass is 16.5. The minimum absolute atomic E-state index is 0.0163. The second-order valence-corrected chi connectivity index (χ2v) is 25.9. The number of piperidine rings is 1. The molecule has 2 saturated heterocycles. The van der Waals surface area contributed by atoms with Crippen LogP contribution in [0.3, 0.4) is 0 Å². The number of benzene rings is 2. The lowest BCUT2D eigenvalue weighted by Crippen LogP contribution is -2.61. The number of ether oxygens (including phenoxy) is 5. The number of imidazole rings is 1. The summed E-state index contributed by atoms with van der Waals surface area (Å²) in [5.41, 5.74) is 16.4. The van der Waals surface area contributed by atoms with Crippen molar-refractivity contribution in [3.05, 3.63) is 64.7 Å². The Kier molecular flexibility index (Phi) is 29.4. The number of amides is 11. The quantitative estimate of drug-likeness (QED) is 0.0336. The highest BCUT2D eigenvalue weighted by molar-refractivity contribution is 5.97. The SMILES string of the molecule is CCC1CN2CCc3cc(OC)c(OC)cc3C2CC1C1Cc2cc(OC)c(OC)cc2CCN1C(=O)N(C)CCNC(=O)C(CCC(N)=O)NC(=O)[C@H](CC(C)C)NC(=O)[C@H](CCCCN)NC(=O)[C@H](CO)NC(=O)[C@H](CO)NC(=O)[C@H](Cc1cnc[nH]1)NC(=O)N1CCOCC1. The molecule has 5 unspecified atom stereocenters. The number of rotatable bonds is 34. The van der Waals surface area contributed by atoms with Crippen molar-refractivity contribution in [2.24, 2.45) is 29.2 Å². The number of nitrogens with two attached hydrogens (primary N) is 2. The number of nitrogens with one attached hydrogen (secondary N) is 8. The second kappa shape index (κ2) is 37.4. The normalized spacial score (nSPS) is 19.4. The van der Waals surface area contributed by atoms with Gasteiger partial charge in [0.15, 0.2) is 23.0 Å². The van der Waals surface area contributed by atoms with Crippen molar-refractivity contribution in [3.63, 3.8) is 0 Å². The van der Waals surface area contributed by atoms with Crippen LogP contribution in [-0.2, 0) is 64.0 Å². The molecule has 7 rings (SSSR count). The summed E-state index contributed by atoms with van der Waals surface area (Å²) in [6.07, 6.45) is 6.62. The zero-order chi connectivity index (χ0) is 71.2. The molecule has 10 atom stereocenters. The van der Waals surface area contributed by atoms with Crippen molar-refractivity contribution < 1.29 is 77.0 Å². The molecule has 31 heteroatoms. The fraction of sp³-hybridized carbons (Fsp3) is 0.642. The predicted molar refractivity (Wildman–Crippen MR) is 360 cm³/mol. The summed E-state index contributed by atoms with van der Waals surface area (Å²) in [6, 6.07) is -1.50. The van der Waals surface area contributed by atoms with Crippen LogP contribution in [-0.4, -0.2) is 250 Å². The van der Waals surface area contributed by atoms with Crippen molar-refractivity contribution >= 4 is 53.4 Å². The maximum Gasteiger partial charge on any atom is 0.320 e. The number of carbonyl (C=O) groups excluding carboxylic acids is 9. The number of aromatic nitrogens is 2. The minimum atomic E-state index is -1.73. The molecule has 0 radical (unpaired) electrons. The van der Waals surface area contributed by atoms with Crippen LogP contribution in [0.2, 0.25) is 0 Å². The number of hydrogen-bond acceptors (Lipinski definition) is 19. The lowest BCUT2D eigenvalue weighted by atomic mass is 9.71. The smallest absolute Gasteiger partial charge is 0.320 e. The minimum Gasteiger partial charge on any atom is -0.493 e. The van der Waals surface area contributed by atoms with Crippen LogP contribution in [0.5, 0.6) is 23.0 Å². The number of unbranched alkanes of at least 4 members (excludes halogenated alkanes) is 1. The van der Waals surface area contributed by atoms with Gasteiger partial charge in [-0.3, -0.25) is 38.5 Å². The summed E-state index contributed by atoms with van der Waals surface area (Å²) in [6.45, 7) is 7.33. The number of nitrogens with zero attached hydrogens (tertiary/aromatic N) is 5. The molecule has 0 saturated carbocycles. The summed E-state index contributed by atoms with van der Waals surface area (Å²) in [5, 5.41) is 38.9. The first-order chi connectivity index (χ1) is 47.1. The van der Waals surface area contributed by atoms with Gasteiger partial charge in [0.25, 0.3) is 0 Å². The molecule has 1 aromatic heterocycles. The Morgan fingerprint density at radius 2 is 1.27 bits per heavy atom. The van der Waals surface area contributed by atoms with E-state index in [2.05, 4.69) is 71.1 Å². The Labute approximate surface area is 572 Å². The first-order valence-electron chi connectivity index (χ1n) is 33.9. The molecule has 11 amide bonds. The molecule has 31 nitrogen and oxygen atoms in total. The van der Waals surface area contributed by atoms with Crippen molar-refractivity contribution in [1.29, 1.82) is 0 Å². The number of aliphatic hydroxyl groups excluding tert-OH is 2. The average Bonchev–Trinajstić information content (AvgIpc) is 1.16. The first kappa shape index (κ1) is 76.8. The largest absolute Gasteiger partial charge is 0.493 e. The molecule has 2 aromatic carbocycles. The van der Waals surface area contributed by atoms with Gasteiger partial charge in [-0.25, -0.2) is 14.6 Å². The number of morpholine rings is 1. The van der Waals surface area contributed by atoms with Crippen molar-refractivity contribution in [1.82, 2.24) is 66.8 Å². The van der Waals surface area contributed by atoms with Gasteiger partial charge in [0.05, 0.1) is 61.2 Å². The van der Waals surface area contributed by atoms with E-state index in [1.54, 1.807) is 54.2 Å². The van der Waals surface area contributed by atoms with E-state index in [1.807, 2.05) is 17.0 Å². The van der Waals surface area contributed by atoms with Gasteiger partial charge >= 0.3 is 12.1 Å². The molecule has 98 heavy (non-hydrogen) atoms. The standard InChI is InChI=1S/C67H103N15O16/c1-9-40-35-81-19-15-42-29-56(95-6)58(97-8)33-46(42)53(81)32-45(40)54-27-43-30-57(96-7)55(94-5)28-41(43)16-20-82(54)67(93)79(4)21-18-71-60(86)48(13-14-59(69)85)74-62(88)49(26-39(2)3)75-61(87)47(12-10-11-17-68)73-64(90)51(36-83)77-65(91)52(37-84)76-63(89)50(31-44-34-70-38-72-44)78-66(92)80-22-24-98-25-23-80/h28-30,33-34,38-40,45,47-54,83-84H,9-27,31-32,35-37,68H2,1-8H3,(H2,69,85)(H,70,72)(H,71,86)(H,73,90)(H,74,88)(H,75,87)(H,76,89)(H,77,91)(H,78,92)/t40?,45?,47-,48?,49-,50-,51-,52-,53?,54?/m0/s1. The molecule has 5 heterocycles. The highest BCUT2D eigenvalue weighted by Gasteiger charge is 2.46. The van der Waals surface area contributed by atoms with Gasteiger partial charge < -0.3 is 102 Å². The lowest BCUT2D eigenvalue weighted by Gasteiger charge is -2.51. The number of likely N-dealkylation sites (N-methyl/N-ethyl adjacent to an activating group) is 1. The van der Waals surface area contributed by atoms with E-state index >= 15 is 4.79 Å². The van der Waals surface area contributed by atoms with E-state index in [0.717, 1.165) is 43.5 Å². The zero-order valence-corrected chi connectivity index (χ0v) is 57.8. The summed E-state index contributed by atoms with van der Waals surface area (Å²) < 4.78 is 28.4. The molecule has 542 valence electrons. The molecular formula is C67H103N15O16. The molecule has 3 aromatic rings. The summed E-state index contributed by atoms with van der Waals surface area (Å²) in [7, 11) is 8.16. The summed E-state index contributed by atoms with van der Waals surface area (Å²) in [5.74, 6) is -3.42. The maximum atomic E-state index is 15.2. The number of aliphatic hydroxyl groups is 2. The van der Waals surface area contributed by atoms with Crippen LogP contribution in [0.25, 0.3) is 0 Å². The van der Waals surface area contributed by atoms with Crippen LogP contribution in [0.15, 0.2) is 36.8 Å². The van der Waals surface area contributed by atoms with Gasteiger partial charge in [-0.2, -0.15) is 0 Å². The Morgan fingerprint density at radius 3 is 1.85 bits per heavy atom. The topological polar surface area (TPSA) is 418 Å². The Hall–Kier alpha value is -8.52. The third-order valence-electron chi connectivity index (χ3n) is 18.9. The van der Waals surface area contributed by atoms with E-state index in [0.29, 0.717) is 74.1 Å². The number of methoxy groups -OCH3 is 4. The van der Waals surface area contributed by atoms with Gasteiger partial charge in [0.2, 0.25) is 41.4 Å². The third kappa shape index (κ3) is 20.5. The number of aromatic amines is 1. The monoisotopic (exact) mass is 1370 g/mol. The molecule has 4 aliphatic heterocycles. The number of urea groups is 2. The second-order valence-electron chi connectivity index (χ2n) is 25.9. The lowest BCUT2D eigenvalue weighted by molar-refractivity contribution is -0.136. The van der Waals surface area contributed by atoms with Crippen molar-refractivity contribution in [2.45, 2.75) is 146 Å². The average molecular weight is 1370 g/mol. The molecule has 0 aliphatic carbocycles. The predicted octanol–water partition coefficient (Wildman–Crippen LogP) is -0.471. The fourth-order valence-corrected chi connectivity index (χ4v) is 13.5. The number of H-pyrrole nitrogens is 1.